The maximum atomic E-state index is 13.3. The van der Waals surface area contributed by atoms with Crippen LogP contribution in [0.2, 0.25) is 0 Å². The minimum atomic E-state index is -0.485. The van der Waals surface area contributed by atoms with Crippen LogP contribution in [0.4, 0.5) is 10.1 Å². The predicted molar refractivity (Wildman–Crippen MR) is 116 cm³/mol. The zero-order chi connectivity index (χ0) is 21.3. The van der Waals surface area contributed by atoms with E-state index in [-0.39, 0.29) is 17.7 Å². The fourth-order valence-electron chi connectivity index (χ4n) is 3.16. The van der Waals surface area contributed by atoms with Crippen LogP contribution in [0.1, 0.15) is 23.5 Å². The van der Waals surface area contributed by atoms with Crippen molar-refractivity contribution in [3.8, 4) is 11.5 Å². The van der Waals surface area contributed by atoms with Crippen LogP contribution in [0.3, 0.4) is 0 Å². The van der Waals surface area contributed by atoms with Crippen molar-refractivity contribution in [2.45, 2.75) is 13.8 Å². The van der Waals surface area contributed by atoms with Crippen LogP contribution in [-0.4, -0.2) is 53.7 Å². The van der Waals surface area contributed by atoms with Gasteiger partial charge in [0.15, 0.2) is 16.6 Å². The van der Waals surface area contributed by atoms with Gasteiger partial charge in [-0.1, -0.05) is 36.5 Å². The number of amides is 1. The number of hydrogen-bond donors (Lipinski definition) is 0. The minimum absolute atomic E-state index is 0.0583. The van der Waals surface area contributed by atoms with Gasteiger partial charge in [0.1, 0.15) is 0 Å². The Bertz CT molecular complexity index is 1050. The number of carbonyl (C=O) groups excluding carboxylic acids is 1. The third-order valence-electron chi connectivity index (χ3n) is 4.86. The van der Waals surface area contributed by atoms with E-state index in [1.165, 1.54) is 23.5 Å². The molecule has 0 atom stereocenters. The third-order valence-corrected chi connectivity index (χ3v) is 6.93. The lowest BCUT2D eigenvalue weighted by atomic mass is 10.3. The van der Waals surface area contributed by atoms with Crippen LogP contribution < -0.4 is 14.4 Å². The number of rotatable bonds is 8. The molecule has 0 bridgehead atoms. The van der Waals surface area contributed by atoms with E-state index in [0.29, 0.717) is 34.6 Å². The second-order valence-electron chi connectivity index (χ2n) is 6.55. The number of aromatic nitrogens is 1. The molecule has 1 aromatic carbocycles. The lowest BCUT2D eigenvalue weighted by molar-refractivity contribution is -0.380. The summed E-state index contributed by atoms with van der Waals surface area (Å²) in [5.41, 5.74) is 0.719. The van der Waals surface area contributed by atoms with E-state index in [1.807, 2.05) is 6.07 Å². The Morgan fingerprint density at radius 1 is 1.17 bits per heavy atom. The highest BCUT2D eigenvalue weighted by Crippen LogP contribution is 2.40. The number of hydrogen-bond acceptors (Lipinski definition) is 9. The smallest absolute Gasteiger partial charge is 0.324 e. The molecule has 4 rings (SSSR count). The fourth-order valence-corrected chi connectivity index (χ4v) is 4.93. The Balaban J connectivity index is 1.67. The van der Waals surface area contributed by atoms with Gasteiger partial charge in [-0.3, -0.25) is 19.8 Å². The minimum Gasteiger partial charge on any atom is -0.454 e. The normalized spacial score (nSPS) is 12.6. The van der Waals surface area contributed by atoms with Crippen LogP contribution in [0.5, 0.6) is 11.5 Å². The van der Waals surface area contributed by atoms with Crippen LogP contribution in [-0.2, 0) is 0 Å². The third kappa shape index (κ3) is 3.95. The first kappa shape index (κ1) is 20.5. The maximum absolute atomic E-state index is 13.3. The Hall–Kier alpha value is -2.76. The molecule has 0 aliphatic carbocycles. The lowest BCUT2D eigenvalue weighted by Gasteiger charge is -2.24. The van der Waals surface area contributed by atoms with Gasteiger partial charge in [0.25, 0.3) is 5.91 Å². The summed E-state index contributed by atoms with van der Waals surface area (Å²) in [4.78, 5) is 32.6. The first-order chi connectivity index (χ1) is 14.5. The van der Waals surface area contributed by atoms with Crippen LogP contribution in [0.25, 0.3) is 10.2 Å². The number of ether oxygens (including phenoxy) is 2. The molecule has 0 radical (unpaired) electrons. The summed E-state index contributed by atoms with van der Waals surface area (Å²) in [5, 5.41) is 11.5. The summed E-state index contributed by atoms with van der Waals surface area (Å²) in [6.07, 6.45) is 0. The molecule has 1 amide bonds. The molecule has 1 aliphatic heterocycles. The molecule has 3 aromatic rings. The van der Waals surface area contributed by atoms with Gasteiger partial charge >= 0.3 is 5.00 Å². The Kier molecular flexibility index (Phi) is 5.84. The van der Waals surface area contributed by atoms with E-state index < -0.39 is 4.92 Å². The Morgan fingerprint density at radius 2 is 1.90 bits per heavy atom. The van der Waals surface area contributed by atoms with E-state index >= 15 is 0 Å². The molecular weight excluding hydrogens is 428 g/mol. The Morgan fingerprint density at radius 3 is 2.57 bits per heavy atom. The molecule has 1 aliphatic rings. The summed E-state index contributed by atoms with van der Waals surface area (Å²) >= 11 is 2.26. The molecule has 30 heavy (non-hydrogen) atoms. The van der Waals surface area contributed by atoms with E-state index in [9.17, 15) is 14.9 Å². The standard InChI is InChI=1S/C19H20N4O5S2/c1-3-21(4-2)7-8-22(18(24)15-5-6-17(29-15)23(25)26)19-20-12-9-13-14(28-11-27-13)10-16(12)30-19/h5-6,9-10H,3-4,7-8,11H2,1-2H3. The molecule has 0 unspecified atom stereocenters. The van der Waals surface area contributed by atoms with Gasteiger partial charge in [0.2, 0.25) is 6.79 Å². The number of fused-ring (bicyclic) bond motifs is 2. The van der Waals surface area contributed by atoms with Crippen molar-refractivity contribution in [1.29, 1.82) is 0 Å². The number of anilines is 1. The van der Waals surface area contributed by atoms with Crippen molar-refractivity contribution in [2.24, 2.45) is 0 Å². The van der Waals surface area contributed by atoms with Gasteiger partial charge in [-0.25, -0.2) is 4.98 Å². The molecular formula is C19H20N4O5S2. The van der Waals surface area contributed by atoms with Gasteiger partial charge in [-0.2, -0.15) is 0 Å². The highest BCUT2D eigenvalue weighted by Gasteiger charge is 2.26. The largest absolute Gasteiger partial charge is 0.454 e. The highest BCUT2D eigenvalue weighted by molar-refractivity contribution is 7.22. The fraction of sp³-hybridized carbons (Fsp3) is 0.368. The summed E-state index contributed by atoms with van der Waals surface area (Å²) in [6.45, 7) is 7.15. The monoisotopic (exact) mass is 448 g/mol. The van der Waals surface area contributed by atoms with Gasteiger partial charge in [-0.05, 0) is 19.2 Å². The quantitative estimate of drug-likeness (QED) is 0.380. The van der Waals surface area contributed by atoms with E-state index in [4.69, 9.17) is 9.47 Å². The number of nitro groups is 1. The number of nitrogens with zero attached hydrogens (tertiary/aromatic N) is 4. The maximum Gasteiger partial charge on any atom is 0.324 e. The molecule has 3 heterocycles. The van der Waals surface area contributed by atoms with Crippen molar-refractivity contribution >= 4 is 48.9 Å². The molecule has 158 valence electrons. The average molecular weight is 449 g/mol. The molecule has 0 fully saturated rings. The number of thiophene rings is 1. The van der Waals surface area contributed by atoms with Gasteiger partial charge in [0.05, 0.1) is 20.0 Å². The molecule has 0 spiro atoms. The van der Waals surface area contributed by atoms with Crippen LogP contribution >= 0.6 is 22.7 Å². The van der Waals surface area contributed by atoms with Crippen molar-refractivity contribution in [2.75, 3.05) is 37.9 Å². The van der Waals surface area contributed by atoms with Crippen LogP contribution in [0, 0.1) is 10.1 Å². The van der Waals surface area contributed by atoms with Crippen molar-refractivity contribution < 1.29 is 19.2 Å². The summed E-state index contributed by atoms with van der Waals surface area (Å²) in [6, 6.07) is 6.53. The van der Waals surface area contributed by atoms with Crippen molar-refractivity contribution in [3.05, 3.63) is 39.3 Å². The zero-order valence-electron chi connectivity index (χ0n) is 16.5. The summed E-state index contributed by atoms with van der Waals surface area (Å²) in [7, 11) is 0. The van der Waals surface area contributed by atoms with E-state index in [1.54, 1.807) is 11.0 Å². The highest BCUT2D eigenvalue weighted by atomic mass is 32.1. The zero-order valence-corrected chi connectivity index (χ0v) is 18.1. The molecule has 0 saturated heterocycles. The summed E-state index contributed by atoms with van der Waals surface area (Å²) < 4.78 is 11.7. The van der Waals surface area contributed by atoms with Crippen molar-refractivity contribution in [1.82, 2.24) is 9.88 Å². The average Bonchev–Trinajstić information content (AvgIpc) is 3.47. The Labute approximate surface area is 180 Å². The van der Waals surface area contributed by atoms with Crippen LogP contribution in [0.15, 0.2) is 24.3 Å². The van der Waals surface area contributed by atoms with Gasteiger partial charge in [0, 0.05) is 31.3 Å². The SMILES string of the molecule is CCN(CC)CCN(C(=O)c1ccc([N+](=O)[O-])s1)c1nc2cc3c(cc2s1)OCO3. The number of likely N-dealkylation sites (N-methyl/N-ethyl adjacent to an activating group) is 1. The number of thiazole rings is 1. The number of carbonyl (C=O) groups is 1. The first-order valence-corrected chi connectivity index (χ1v) is 11.1. The lowest BCUT2D eigenvalue weighted by Crippen LogP contribution is -2.38. The van der Waals surface area contributed by atoms with Gasteiger partial charge in [-0.15, -0.1) is 0 Å². The molecule has 11 heteroatoms. The summed E-state index contributed by atoms with van der Waals surface area (Å²) in [5.74, 6) is 1.00. The molecule has 0 N–H and O–H groups in total. The van der Waals surface area contributed by atoms with Gasteiger partial charge < -0.3 is 14.4 Å². The second kappa shape index (κ2) is 8.54. The first-order valence-electron chi connectivity index (χ1n) is 9.48. The van der Waals surface area contributed by atoms with E-state index in [0.717, 1.165) is 34.6 Å². The van der Waals surface area contributed by atoms with E-state index in [2.05, 4.69) is 23.7 Å². The number of benzene rings is 1. The van der Waals surface area contributed by atoms with Crippen molar-refractivity contribution in [3.63, 3.8) is 0 Å². The predicted octanol–water partition coefficient (Wildman–Crippen LogP) is 3.98. The topological polar surface area (TPSA) is 98.0 Å². The molecule has 9 nitrogen and oxygen atoms in total. The molecule has 0 saturated carbocycles. The second-order valence-corrected chi connectivity index (χ2v) is 8.62. The molecule has 2 aromatic heterocycles.